The van der Waals surface area contributed by atoms with Gasteiger partial charge in [0.05, 0.1) is 13.0 Å². The predicted octanol–water partition coefficient (Wildman–Crippen LogP) is 2.02. The van der Waals surface area contributed by atoms with Crippen molar-refractivity contribution in [2.45, 2.75) is 25.2 Å². The predicted molar refractivity (Wildman–Crippen MR) is 109 cm³/mol. The normalized spacial score (nSPS) is 17.5. The number of piperidine rings is 1. The Morgan fingerprint density at radius 1 is 1.23 bits per heavy atom. The maximum Gasteiger partial charge on any atom is 0.246 e. The van der Waals surface area contributed by atoms with Gasteiger partial charge in [-0.15, -0.1) is 0 Å². The average molecular weight is 410 g/mol. The molecule has 0 saturated carbocycles. The molecular weight excluding hydrogens is 384 g/mol. The van der Waals surface area contributed by atoms with Crippen molar-refractivity contribution in [1.82, 2.24) is 19.9 Å². The third-order valence-electron chi connectivity index (χ3n) is 5.90. The second-order valence-electron chi connectivity index (χ2n) is 7.78. The molecule has 8 nitrogen and oxygen atoms in total. The van der Waals surface area contributed by atoms with E-state index < -0.39 is 0 Å². The number of nitrogens with zero attached hydrogens (tertiary/aromatic N) is 4. The Hall–Kier alpha value is -3.16. The van der Waals surface area contributed by atoms with Crippen molar-refractivity contribution in [3.63, 3.8) is 0 Å². The van der Waals surface area contributed by atoms with Crippen LogP contribution in [0.1, 0.15) is 36.0 Å². The molecule has 4 rings (SSSR count). The molecule has 0 bridgehead atoms. The Bertz CT molecular complexity index is 927. The van der Waals surface area contributed by atoms with Crippen LogP contribution in [0.2, 0.25) is 0 Å². The molecule has 158 valence electrons. The van der Waals surface area contributed by atoms with Gasteiger partial charge in [-0.25, -0.2) is 0 Å². The number of hydrogen-bond donors (Lipinski definition) is 0. The van der Waals surface area contributed by atoms with Crippen LogP contribution in [0.5, 0.6) is 5.75 Å². The lowest BCUT2D eigenvalue weighted by Crippen LogP contribution is -2.56. The van der Waals surface area contributed by atoms with Crippen molar-refractivity contribution in [2.75, 3.05) is 33.3 Å². The van der Waals surface area contributed by atoms with Crippen LogP contribution in [0.15, 0.2) is 41.4 Å². The molecule has 0 unspecified atom stereocenters. The van der Waals surface area contributed by atoms with Gasteiger partial charge in [-0.05, 0) is 25.0 Å². The minimum absolute atomic E-state index is 0.0960. The number of benzene rings is 1. The van der Waals surface area contributed by atoms with E-state index in [9.17, 15) is 9.59 Å². The first-order valence-corrected chi connectivity index (χ1v) is 10.2. The lowest BCUT2D eigenvalue weighted by atomic mass is 9.93. The van der Waals surface area contributed by atoms with Crippen LogP contribution in [0.4, 0.5) is 0 Å². The molecule has 0 atom stereocenters. The largest absolute Gasteiger partial charge is 0.496 e. The van der Waals surface area contributed by atoms with Gasteiger partial charge in [0.1, 0.15) is 5.75 Å². The first-order valence-electron chi connectivity index (χ1n) is 10.2. The summed E-state index contributed by atoms with van der Waals surface area (Å²) in [4.78, 5) is 32.3. The SMILES string of the molecule is C=CC(=O)N1CC(C(=O)N2CCC(c3nc(Cc4ccccc4OC)no3)CC2)C1. The standard InChI is InChI=1S/C22H26N4O4/c1-3-20(27)26-13-17(14-26)22(28)25-10-8-15(9-11-25)21-23-19(24-30-21)12-16-6-4-5-7-18(16)29-2/h3-7,15,17H,1,8-14H2,2H3. The summed E-state index contributed by atoms with van der Waals surface area (Å²) in [5.74, 6) is 2.16. The van der Waals surface area contributed by atoms with Crippen LogP contribution < -0.4 is 4.74 Å². The van der Waals surface area contributed by atoms with E-state index in [0.717, 1.165) is 24.2 Å². The van der Waals surface area contributed by atoms with Gasteiger partial charge in [-0.2, -0.15) is 4.98 Å². The van der Waals surface area contributed by atoms with Crippen molar-refractivity contribution in [3.8, 4) is 5.75 Å². The number of carbonyl (C=O) groups is 2. The lowest BCUT2D eigenvalue weighted by Gasteiger charge is -2.41. The number of likely N-dealkylation sites (tertiary alicyclic amines) is 2. The lowest BCUT2D eigenvalue weighted by molar-refractivity contribution is -0.147. The zero-order chi connectivity index (χ0) is 21.1. The van der Waals surface area contributed by atoms with Crippen molar-refractivity contribution >= 4 is 11.8 Å². The number of amides is 2. The molecule has 1 aromatic heterocycles. The van der Waals surface area contributed by atoms with Crippen LogP contribution in [-0.4, -0.2) is 65.0 Å². The maximum absolute atomic E-state index is 12.6. The molecular formula is C22H26N4O4. The number of para-hydroxylation sites is 1. The molecule has 0 radical (unpaired) electrons. The quantitative estimate of drug-likeness (QED) is 0.677. The van der Waals surface area contributed by atoms with E-state index in [2.05, 4.69) is 16.7 Å². The minimum atomic E-state index is -0.113. The van der Waals surface area contributed by atoms with Gasteiger partial charge < -0.3 is 19.1 Å². The van der Waals surface area contributed by atoms with E-state index in [1.165, 1.54) is 6.08 Å². The van der Waals surface area contributed by atoms with Gasteiger partial charge in [0, 0.05) is 44.1 Å². The molecule has 0 spiro atoms. The molecule has 2 aromatic rings. The summed E-state index contributed by atoms with van der Waals surface area (Å²) in [5, 5.41) is 4.13. The van der Waals surface area contributed by atoms with E-state index >= 15 is 0 Å². The highest BCUT2D eigenvalue weighted by Gasteiger charge is 2.38. The summed E-state index contributed by atoms with van der Waals surface area (Å²) in [5.41, 5.74) is 1.01. The van der Waals surface area contributed by atoms with Crippen molar-refractivity contribution in [2.24, 2.45) is 5.92 Å². The Labute approximate surface area is 175 Å². The Morgan fingerprint density at radius 2 is 1.97 bits per heavy atom. The van der Waals surface area contributed by atoms with Crippen LogP contribution in [0, 0.1) is 5.92 Å². The Kier molecular flexibility index (Phi) is 5.83. The highest BCUT2D eigenvalue weighted by atomic mass is 16.5. The van der Waals surface area contributed by atoms with E-state index in [-0.39, 0.29) is 23.7 Å². The van der Waals surface area contributed by atoms with Gasteiger partial charge in [0.25, 0.3) is 0 Å². The molecule has 2 amide bonds. The third-order valence-corrected chi connectivity index (χ3v) is 5.90. The van der Waals surface area contributed by atoms with E-state index in [1.54, 1.807) is 12.0 Å². The van der Waals surface area contributed by atoms with Crippen LogP contribution in [-0.2, 0) is 16.0 Å². The smallest absolute Gasteiger partial charge is 0.246 e. The zero-order valence-corrected chi connectivity index (χ0v) is 17.1. The summed E-state index contributed by atoms with van der Waals surface area (Å²) >= 11 is 0. The van der Waals surface area contributed by atoms with E-state index in [4.69, 9.17) is 9.26 Å². The average Bonchev–Trinajstić information content (AvgIpc) is 3.21. The first kappa shape index (κ1) is 20.1. The Balaban J connectivity index is 1.29. The molecule has 2 fully saturated rings. The van der Waals surface area contributed by atoms with Gasteiger partial charge in [0.2, 0.25) is 17.7 Å². The van der Waals surface area contributed by atoms with Crippen molar-refractivity contribution in [1.29, 1.82) is 0 Å². The van der Waals surface area contributed by atoms with Gasteiger partial charge in [0.15, 0.2) is 5.82 Å². The number of aromatic nitrogens is 2. The summed E-state index contributed by atoms with van der Waals surface area (Å²) in [7, 11) is 1.65. The fraction of sp³-hybridized carbons (Fsp3) is 0.455. The summed E-state index contributed by atoms with van der Waals surface area (Å²) in [6.45, 7) is 5.79. The fourth-order valence-corrected chi connectivity index (χ4v) is 4.07. The number of ether oxygens (including phenoxy) is 1. The molecule has 2 aliphatic rings. The Morgan fingerprint density at radius 3 is 2.67 bits per heavy atom. The molecule has 8 heteroatoms. The second-order valence-corrected chi connectivity index (χ2v) is 7.78. The van der Waals surface area contributed by atoms with E-state index in [0.29, 0.717) is 44.3 Å². The van der Waals surface area contributed by atoms with Gasteiger partial charge in [-0.3, -0.25) is 9.59 Å². The third kappa shape index (κ3) is 4.08. The molecule has 0 N–H and O–H groups in total. The van der Waals surface area contributed by atoms with Crippen molar-refractivity contribution in [3.05, 3.63) is 54.2 Å². The molecule has 3 heterocycles. The summed E-state index contributed by atoms with van der Waals surface area (Å²) < 4.78 is 10.9. The molecule has 30 heavy (non-hydrogen) atoms. The maximum atomic E-state index is 12.6. The fourth-order valence-electron chi connectivity index (χ4n) is 4.07. The summed E-state index contributed by atoms with van der Waals surface area (Å²) in [6, 6.07) is 7.79. The summed E-state index contributed by atoms with van der Waals surface area (Å²) in [6.07, 6.45) is 3.43. The highest BCUT2D eigenvalue weighted by Crippen LogP contribution is 2.29. The molecule has 1 aromatic carbocycles. The molecule has 2 saturated heterocycles. The number of rotatable bonds is 6. The van der Waals surface area contributed by atoms with Crippen molar-refractivity contribution < 1.29 is 18.8 Å². The van der Waals surface area contributed by atoms with Crippen LogP contribution in [0.25, 0.3) is 0 Å². The first-order chi connectivity index (χ1) is 14.6. The monoisotopic (exact) mass is 410 g/mol. The van der Waals surface area contributed by atoms with Crippen LogP contribution >= 0.6 is 0 Å². The highest BCUT2D eigenvalue weighted by molar-refractivity contribution is 5.90. The number of hydrogen-bond acceptors (Lipinski definition) is 6. The van der Waals surface area contributed by atoms with Gasteiger partial charge >= 0.3 is 0 Å². The minimum Gasteiger partial charge on any atom is -0.496 e. The molecule has 0 aliphatic carbocycles. The topological polar surface area (TPSA) is 88.8 Å². The number of methoxy groups -OCH3 is 1. The van der Waals surface area contributed by atoms with Crippen LogP contribution in [0.3, 0.4) is 0 Å². The molecule has 2 aliphatic heterocycles. The van der Waals surface area contributed by atoms with Gasteiger partial charge in [-0.1, -0.05) is 29.9 Å². The number of carbonyl (C=O) groups excluding carboxylic acids is 2. The second kappa shape index (κ2) is 8.69. The zero-order valence-electron chi connectivity index (χ0n) is 17.1. The van der Waals surface area contributed by atoms with E-state index in [1.807, 2.05) is 29.2 Å².